The lowest BCUT2D eigenvalue weighted by Gasteiger charge is -2.43. The van der Waals surface area contributed by atoms with Crippen molar-refractivity contribution in [3.05, 3.63) is 35.2 Å². The predicted octanol–water partition coefficient (Wildman–Crippen LogP) is 1.58. The summed E-state index contributed by atoms with van der Waals surface area (Å²) in [6.07, 6.45) is 5.69. The van der Waals surface area contributed by atoms with Gasteiger partial charge >= 0.3 is 0 Å². The SMILES string of the molecule is COc1cc(N2CCC(N3CCN(C)CC3)CC2)c(C(C)C)cc1C1(N)C=C(N)NC=N1. The molecular formula is C24H39N7O. The Bertz CT molecular complexity index is 867. The number of anilines is 1. The number of hydrogen-bond donors (Lipinski definition) is 3. The summed E-state index contributed by atoms with van der Waals surface area (Å²) in [6, 6.07) is 5.00. The Morgan fingerprint density at radius 1 is 1.12 bits per heavy atom. The molecule has 2 fully saturated rings. The summed E-state index contributed by atoms with van der Waals surface area (Å²) < 4.78 is 5.81. The van der Waals surface area contributed by atoms with E-state index in [1.807, 2.05) is 0 Å². The summed E-state index contributed by atoms with van der Waals surface area (Å²) in [5, 5.41) is 2.89. The molecular weight excluding hydrogens is 402 g/mol. The number of nitrogens with zero attached hydrogens (tertiary/aromatic N) is 4. The van der Waals surface area contributed by atoms with E-state index >= 15 is 0 Å². The minimum Gasteiger partial charge on any atom is -0.496 e. The van der Waals surface area contributed by atoms with Crippen LogP contribution in [0.1, 0.15) is 43.7 Å². The van der Waals surface area contributed by atoms with Crippen molar-refractivity contribution in [1.29, 1.82) is 0 Å². The van der Waals surface area contributed by atoms with Crippen LogP contribution in [0.3, 0.4) is 0 Å². The van der Waals surface area contributed by atoms with Crippen LogP contribution >= 0.6 is 0 Å². The zero-order chi connectivity index (χ0) is 22.9. The van der Waals surface area contributed by atoms with Gasteiger partial charge in [-0.25, -0.2) is 4.99 Å². The van der Waals surface area contributed by atoms with E-state index in [0.717, 1.165) is 24.4 Å². The first kappa shape index (κ1) is 22.9. The fourth-order valence-electron chi connectivity index (χ4n) is 5.14. The molecule has 0 amide bonds. The third kappa shape index (κ3) is 4.58. The van der Waals surface area contributed by atoms with E-state index in [4.69, 9.17) is 16.2 Å². The first-order valence-electron chi connectivity index (χ1n) is 11.8. The van der Waals surface area contributed by atoms with Gasteiger partial charge in [-0.1, -0.05) is 13.8 Å². The number of ether oxygens (including phenoxy) is 1. The van der Waals surface area contributed by atoms with E-state index in [1.54, 1.807) is 19.5 Å². The van der Waals surface area contributed by atoms with Crippen LogP contribution in [0.5, 0.6) is 5.75 Å². The highest BCUT2D eigenvalue weighted by Gasteiger charge is 2.33. The highest BCUT2D eigenvalue weighted by Crippen LogP contribution is 2.40. The van der Waals surface area contributed by atoms with Crippen molar-refractivity contribution in [3.63, 3.8) is 0 Å². The quantitative estimate of drug-likeness (QED) is 0.638. The van der Waals surface area contributed by atoms with E-state index < -0.39 is 5.66 Å². The molecule has 3 heterocycles. The van der Waals surface area contributed by atoms with Gasteiger partial charge in [0.2, 0.25) is 0 Å². The molecule has 8 nitrogen and oxygen atoms in total. The lowest BCUT2D eigenvalue weighted by Crippen LogP contribution is -2.52. The molecule has 5 N–H and O–H groups in total. The van der Waals surface area contributed by atoms with Gasteiger partial charge in [-0.2, -0.15) is 0 Å². The van der Waals surface area contributed by atoms with Crippen molar-refractivity contribution in [1.82, 2.24) is 15.1 Å². The van der Waals surface area contributed by atoms with Gasteiger partial charge in [0.15, 0.2) is 5.66 Å². The molecule has 3 aliphatic rings. The number of nitrogens with two attached hydrogens (primary N) is 2. The van der Waals surface area contributed by atoms with Crippen LogP contribution in [0.15, 0.2) is 29.0 Å². The Kier molecular flexibility index (Phi) is 6.65. The van der Waals surface area contributed by atoms with Crippen LogP contribution in [-0.2, 0) is 5.66 Å². The number of nitrogens with one attached hydrogen (secondary N) is 1. The molecule has 1 aromatic carbocycles. The standard InChI is InChI=1S/C24H39N7O/c1-17(2)19-13-20(24(26)15-23(25)27-16-28-24)22(32-4)14-21(19)31-7-5-18(6-8-31)30-11-9-29(3)10-12-30/h13-18H,5-12,25-26H2,1-4H3,(H,27,28). The van der Waals surface area contributed by atoms with Crippen LogP contribution in [0, 0.1) is 0 Å². The Labute approximate surface area is 192 Å². The van der Waals surface area contributed by atoms with Crippen molar-refractivity contribution in [2.45, 2.75) is 44.3 Å². The van der Waals surface area contributed by atoms with E-state index in [-0.39, 0.29) is 0 Å². The number of aliphatic imine (C=N–C) groups is 1. The maximum atomic E-state index is 6.66. The second kappa shape index (κ2) is 9.29. The van der Waals surface area contributed by atoms with Gasteiger partial charge in [0.05, 0.1) is 13.4 Å². The van der Waals surface area contributed by atoms with E-state index in [2.05, 4.69) is 58.0 Å². The number of likely N-dealkylation sites (N-methyl/N-ethyl adjacent to an activating group) is 1. The minimum absolute atomic E-state index is 0.348. The largest absolute Gasteiger partial charge is 0.496 e. The molecule has 1 unspecified atom stereocenters. The molecule has 8 heteroatoms. The molecule has 2 saturated heterocycles. The molecule has 32 heavy (non-hydrogen) atoms. The van der Waals surface area contributed by atoms with Crippen molar-refractivity contribution < 1.29 is 4.74 Å². The fourth-order valence-corrected chi connectivity index (χ4v) is 5.14. The third-order valence-corrected chi connectivity index (χ3v) is 7.15. The van der Waals surface area contributed by atoms with Crippen molar-refractivity contribution >= 4 is 12.0 Å². The average molecular weight is 442 g/mol. The highest BCUT2D eigenvalue weighted by molar-refractivity contribution is 5.66. The number of piperidine rings is 1. The van der Waals surface area contributed by atoms with Crippen molar-refractivity contribution in [2.75, 3.05) is 58.3 Å². The highest BCUT2D eigenvalue weighted by atomic mass is 16.5. The zero-order valence-corrected chi connectivity index (χ0v) is 20.0. The molecule has 1 atom stereocenters. The summed E-state index contributed by atoms with van der Waals surface area (Å²) in [5.74, 6) is 1.59. The molecule has 0 aliphatic carbocycles. The summed E-state index contributed by atoms with van der Waals surface area (Å²) in [5.41, 5.74) is 15.0. The van der Waals surface area contributed by atoms with Gasteiger partial charge in [-0.05, 0) is 37.4 Å². The summed E-state index contributed by atoms with van der Waals surface area (Å²) >= 11 is 0. The van der Waals surface area contributed by atoms with Crippen LogP contribution in [0.4, 0.5) is 5.69 Å². The summed E-state index contributed by atoms with van der Waals surface area (Å²) in [7, 11) is 3.91. The summed E-state index contributed by atoms with van der Waals surface area (Å²) in [6.45, 7) is 11.3. The Balaban J connectivity index is 1.58. The van der Waals surface area contributed by atoms with Gasteiger partial charge in [-0.3, -0.25) is 10.6 Å². The van der Waals surface area contributed by atoms with Crippen LogP contribution in [-0.4, -0.2) is 75.6 Å². The normalized spacial score (nSPS) is 25.7. The maximum absolute atomic E-state index is 6.66. The van der Waals surface area contributed by atoms with Gasteiger partial charge in [0.25, 0.3) is 0 Å². The van der Waals surface area contributed by atoms with Crippen LogP contribution in [0.2, 0.25) is 0 Å². The number of hydrogen-bond acceptors (Lipinski definition) is 8. The van der Waals surface area contributed by atoms with Gasteiger partial charge in [-0.15, -0.1) is 0 Å². The molecule has 176 valence electrons. The monoisotopic (exact) mass is 441 g/mol. The number of benzene rings is 1. The second-order valence-electron chi connectivity index (χ2n) is 9.65. The fraction of sp³-hybridized carbons (Fsp3) is 0.625. The lowest BCUT2D eigenvalue weighted by molar-refractivity contribution is 0.0982. The molecule has 0 spiro atoms. The average Bonchev–Trinajstić information content (AvgIpc) is 2.78. The van der Waals surface area contributed by atoms with E-state index in [9.17, 15) is 0 Å². The zero-order valence-electron chi connectivity index (χ0n) is 20.0. The van der Waals surface area contributed by atoms with Crippen LogP contribution in [0.25, 0.3) is 0 Å². The van der Waals surface area contributed by atoms with Crippen LogP contribution < -0.4 is 26.4 Å². The van der Waals surface area contributed by atoms with E-state index in [1.165, 1.54) is 50.3 Å². The Hall–Kier alpha value is -2.29. The molecule has 4 rings (SSSR count). The Morgan fingerprint density at radius 2 is 1.81 bits per heavy atom. The molecule has 0 bridgehead atoms. The molecule has 1 aromatic rings. The number of piperazine rings is 1. The first-order valence-corrected chi connectivity index (χ1v) is 11.8. The minimum atomic E-state index is -1.04. The topological polar surface area (TPSA) is 95.4 Å². The first-order chi connectivity index (χ1) is 15.3. The molecule has 3 aliphatic heterocycles. The number of rotatable bonds is 5. The molecule has 0 radical (unpaired) electrons. The molecule has 0 aromatic heterocycles. The van der Waals surface area contributed by atoms with Crippen molar-refractivity contribution in [2.24, 2.45) is 16.5 Å². The molecule has 0 saturated carbocycles. The lowest BCUT2D eigenvalue weighted by atomic mass is 9.90. The van der Waals surface area contributed by atoms with Gasteiger partial charge in [0.1, 0.15) is 11.6 Å². The Morgan fingerprint density at radius 3 is 2.41 bits per heavy atom. The summed E-state index contributed by atoms with van der Waals surface area (Å²) in [4.78, 5) is 12.1. The number of methoxy groups -OCH3 is 1. The van der Waals surface area contributed by atoms with E-state index in [0.29, 0.717) is 17.8 Å². The van der Waals surface area contributed by atoms with Gasteiger partial charge < -0.3 is 25.6 Å². The third-order valence-electron chi connectivity index (χ3n) is 7.15. The maximum Gasteiger partial charge on any atom is 0.161 e. The van der Waals surface area contributed by atoms with Gasteiger partial charge in [0, 0.05) is 68.7 Å². The predicted molar refractivity (Wildman–Crippen MR) is 131 cm³/mol. The smallest absolute Gasteiger partial charge is 0.161 e. The second-order valence-corrected chi connectivity index (χ2v) is 9.65. The van der Waals surface area contributed by atoms with Crippen molar-refractivity contribution in [3.8, 4) is 5.75 Å².